The summed E-state index contributed by atoms with van der Waals surface area (Å²) in [5.74, 6) is 0.0516. The standard InChI is InChI=1S/C25H17FN6O/c1-33-17-11-15(10-16(26)12-17)23-18-13-22(29-20(18)6-9-28-23)25-24-21(31-32-25)3-2-19(30-24)14-4-7-27-8-5-14/h2-13,29H,1H3,(H,31,32). The van der Waals surface area contributed by atoms with Gasteiger partial charge < -0.3 is 9.72 Å². The molecule has 6 rings (SSSR count). The largest absolute Gasteiger partial charge is 0.497 e. The van der Waals surface area contributed by atoms with Gasteiger partial charge in [0.2, 0.25) is 0 Å². The number of ether oxygens (including phenoxy) is 1. The number of hydrogen-bond donors (Lipinski definition) is 2. The molecule has 8 heteroatoms. The van der Waals surface area contributed by atoms with E-state index in [1.165, 1.54) is 19.2 Å². The maximum atomic E-state index is 14.1. The van der Waals surface area contributed by atoms with Crippen molar-refractivity contribution in [2.24, 2.45) is 0 Å². The SMILES string of the molecule is COc1cc(F)cc(-c2nccc3[nH]c(-c4n[nH]c5ccc(-c6ccncc6)nc45)cc23)c1. The monoisotopic (exact) mass is 436 g/mol. The van der Waals surface area contributed by atoms with Crippen LogP contribution in [-0.4, -0.2) is 37.2 Å². The number of halogens is 1. The summed E-state index contributed by atoms with van der Waals surface area (Å²) in [7, 11) is 1.51. The molecule has 5 aromatic heterocycles. The Hall–Kier alpha value is -4.59. The van der Waals surface area contributed by atoms with Crippen LogP contribution in [-0.2, 0) is 0 Å². The maximum Gasteiger partial charge on any atom is 0.135 e. The van der Waals surface area contributed by atoms with Gasteiger partial charge >= 0.3 is 0 Å². The molecule has 7 nitrogen and oxygen atoms in total. The van der Waals surface area contributed by atoms with Gasteiger partial charge in [0, 0.05) is 46.7 Å². The number of nitrogens with zero attached hydrogens (tertiary/aromatic N) is 4. The highest BCUT2D eigenvalue weighted by Crippen LogP contribution is 2.34. The second-order valence-electron chi connectivity index (χ2n) is 7.58. The second-order valence-corrected chi connectivity index (χ2v) is 7.58. The fourth-order valence-corrected chi connectivity index (χ4v) is 4.00. The fourth-order valence-electron chi connectivity index (χ4n) is 4.00. The van der Waals surface area contributed by atoms with E-state index in [-0.39, 0.29) is 5.82 Å². The van der Waals surface area contributed by atoms with E-state index in [4.69, 9.17) is 9.72 Å². The topological polar surface area (TPSA) is 92.4 Å². The van der Waals surface area contributed by atoms with E-state index in [0.29, 0.717) is 22.7 Å². The summed E-state index contributed by atoms with van der Waals surface area (Å²) < 4.78 is 19.4. The molecule has 1 aromatic carbocycles. The van der Waals surface area contributed by atoms with Crippen LogP contribution in [0.15, 0.2) is 73.2 Å². The Kier molecular flexibility index (Phi) is 4.36. The van der Waals surface area contributed by atoms with Crippen LogP contribution in [0.25, 0.3) is 55.8 Å². The molecule has 0 fully saturated rings. The predicted octanol–water partition coefficient (Wildman–Crippen LogP) is 5.38. The normalized spacial score (nSPS) is 11.3. The van der Waals surface area contributed by atoms with Gasteiger partial charge in [-0.3, -0.25) is 15.1 Å². The molecule has 5 heterocycles. The number of methoxy groups -OCH3 is 1. The van der Waals surface area contributed by atoms with Gasteiger partial charge in [0.15, 0.2) is 0 Å². The first kappa shape index (κ1) is 19.1. The van der Waals surface area contributed by atoms with Crippen molar-refractivity contribution >= 4 is 21.9 Å². The molecule has 6 aromatic rings. The molecule has 0 radical (unpaired) electrons. The van der Waals surface area contributed by atoms with Crippen LogP contribution in [0.1, 0.15) is 0 Å². The van der Waals surface area contributed by atoms with Crippen LogP contribution in [0.2, 0.25) is 0 Å². The number of pyridine rings is 3. The molecule has 0 saturated carbocycles. The Labute approximate surface area is 187 Å². The van der Waals surface area contributed by atoms with Crippen molar-refractivity contribution in [1.82, 2.24) is 30.1 Å². The van der Waals surface area contributed by atoms with Gasteiger partial charge in [0.1, 0.15) is 22.8 Å². The van der Waals surface area contributed by atoms with Crippen LogP contribution in [0.5, 0.6) is 5.75 Å². The number of benzene rings is 1. The molecular formula is C25H17FN6O. The van der Waals surface area contributed by atoms with Crippen LogP contribution in [0.4, 0.5) is 4.39 Å². The zero-order chi connectivity index (χ0) is 22.4. The Balaban J connectivity index is 1.50. The van der Waals surface area contributed by atoms with E-state index in [1.54, 1.807) is 24.7 Å². The third-order valence-electron chi connectivity index (χ3n) is 5.57. The highest BCUT2D eigenvalue weighted by atomic mass is 19.1. The minimum Gasteiger partial charge on any atom is -0.497 e. The molecule has 0 saturated heterocycles. The lowest BCUT2D eigenvalue weighted by molar-refractivity contribution is 0.411. The number of nitrogens with one attached hydrogen (secondary N) is 2. The first-order chi connectivity index (χ1) is 16.2. The lowest BCUT2D eigenvalue weighted by atomic mass is 10.1. The fraction of sp³-hybridized carbons (Fsp3) is 0.0400. The zero-order valence-corrected chi connectivity index (χ0v) is 17.5. The Bertz CT molecular complexity index is 1620. The smallest absolute Gasteiger partial charge is 0.135 e. The van der Waals surface area contributed by atoms with Crippen molar-refractivity contribution in [3.63, 3.8) is 0 Å². The molecule has 0 unspecified atom stereocenters. The number of hydrogen-bond acceptors (Lipinski definition) is 5. The highest BCUT2D eigenvalue weighted by molar-refractivity contribution is 5.99. The van der Waals surface area contributed by atoms with Crippen molar-refractivity contribution < 1.29 is 9.13 Å². The minimum atomic E-state index is -0.384. The summed E-state index contributed by atoms with van der Waals surface area (Å²) in [4.78, 5) is 16.8. The lowest BCUT2D eigenvalue weighted by Crippen LogP contribution is -1.89. The number of aromatic amines is 2. The molecule has 0 aliphatic carbocycles. The Morgan fingerprint density at radius 1 is 0.848 bits per heavy atom. The van der Waals surface area contributed by atoms with Crippen LogP contribution < -0.4 is 4.74 Å². The molecule has 0 amide bonds. The van der Waals surface area contributed by atoms with Gasteiger partial charge in [-0.15, -0.1) is 0 Å². The quantitative estimate of drug-likeness (QED) is 0.387. The summed E-state index contributed by atoms with van der Waals surface area (Å²) in [5.41, 5.74) is 7.01. The van der Waals surface area contributed by atoms with E-state index >= 15 is 0 Å². The third kappa shape index (κ3) is 3.28. The summed E-state index contributed by atoms with van der Waals surface area (Å²) in [6.45, 7) is 0. The molecular weight excluding hydrogens is 419 g/mol. The van der Waals surface area contributed by atoms with Crippen molar-refractivity contribution in [2.75, 3.05) is 7.11 Å². The molecule has 0 aliphatic rings. The average molecular weight is 436 g/mol. The van der Waals surface area contributed by atoms with Crippen molar-refractivity contribution in [3.8, 4) is 39.7 Å². The second kappa shape index (κ2) is 7.52. The van der Waals surface area contributed by atoms with Gasteiger partial charge in [-0.1, -0.05) is 0 Å². The summed E-state index contributed by atoms with van der Waals surface area (Å²) >= 11 is 0. The minimum absolute atomic E-state index is 0.384. The maximum absolute atomic E-state index is 14.1. The number of rotatable bonds is 4. The van der Waals surface area contributed by atoms with E-state index in [0.717, 1.165) is 38.9 Å². The van der Waals surface area contributed by atoms with Crippen molar-refractivity contribution in [3.05, 3.63) is 79.0 Å². The van der Waals surface area contributed by atoms with Gasteiger partial charge in [0.05, 0.1) is 29.7 Å². The molecule has 0 aliphatic heterocycles. The third-order valence-corrected chi connectivity index (χ3v) is 5.57. The van der Waals surface area contributed by atoms with Crippen molar-refractivity contribution in [1.29, 1.82) is 0 Å². The van der Waals surface area contributed by atoms with E-state index < -0.39 is 0 Å². The zero-order valence-electron chi connectivity index (χ0n) is 17.5. The first-order valence-corrected chi connectivity index (χ1v) is 10.3. The Morgan fingerprint density at radius 3 is 2.58 bits per heavy atom. The number of aromatic nitrogens is 6. The lowest BCUT2D eigenvalue weighted by Gasteiger charge is -2.06. The molecule has 0 spiro atoms. The Morgan fingerprint density at radius 2 is 1.73 bits per heavy atom. The average Bonchev–Trinajstić information content (AvgIpc) is 3.47. The van der Waals surface area contributed by atoms with E-state index in [9.17, 15) is 4.39 Å². The van der Waals surface area contributed by atoms with Gasteiger partial charge in [-0.25, -0.2) is 9.37 Å². The predicted molar refractivity (Wildman–Crippen MR) is 124 cm³/mol. The number of H-pyrrole nitrogens is 2. The molecule has 33 heavy (non-hydrogen) atoms. The molecule has 0 atom stereocenters. The molecule has 160 valence electrons. The van der Waals surface area contributed by atoms with Crippen LogP contribution in [0, 0.1) is 5.82 Å². The summed E-state index contributed by atoms with van der Waals surface area (Å²) in [6.07, 6.45) is 5.17. The van der Waals surface area contributed by atoms with Gasteiger partial charge in [-0.05, 0) is 48.5 Å². The first-order valence-electron chi connectivity index (χ1n) is 10.3. The van der Waals surface area contributed by atoms with Gasteiger partial charge in [0.25, 0.3) is 0 Å². The summed E-state index contributed by atoms with van der Waals surface area (Å²) in [6, 6.07) is 16.1. The van der Waals surface area contributed by atoms with Crippen LogP contribution >= 0.6 is 0 Å². The van der Waals surface area contributed by atoms with Gasteiger partial charge in [-0.2, -0.15) is 5.10 Å². The number of fused-ring (bicyclic) bond motifs is 2. The van der Waals surface area contributed by atoms with E-state index in [2.05, 4.69) is 25.1 Å². The molecule has 0 bridgehead atoms. The molecule has 2 N–H and O–H groups in total. The highest BCUT2D eigenvalue weighted by Gasteiger charge is 2.16. The van der Waals surface area contributed by atoms with Crippen molar-refractivity contribution in [2.45, 2.75) is 0 Å². The van der Waals surface area contributed by atoms with Crippen LogP contribution in [0.3, 0.4) is 0 Å². The summed E-state index contributed by atoms with van der Waals surface area (Å²) in [5, 5.41) is 8.41. The van der Waals surface area contributed by atoms with E-state index in [1.807, 2.05) is 36.4 Å².